The lowest BCUT2D eigenvalue weighted by atomic mass is 9.77. The van der Waals surface area contributed by atoms with E-state index in [0.717, 1.165) is 12.1 Å². The van der Waals surface area contributed by atoms with Crippen LogP contribution in [0.2, 0.25) is 10.0 Å². The summed E-state index contributed by atoms with van der Waals surface area (Å²) < 4.78 is 52.0. The number of nitrogens with one attached hydrogen (secondary N) is 1. The maximum atomic E-state index is 13.6. The highest BCUT2D eigenvalue weighted by Crippen LogP contribution is 2.53. The quantitative estimate of drug-likeness (QED) is 0.442. The van der Waals surface area contributed by atoms with Gasteiger partial charge in [-0.2, -0.15) is 13.2 Å². The van der Waals surface area contributed by atoms with Gasteiger partial charge in [0.25, 0.3) is 5.91 Å². The average molecular weight is 541 g/mol. The van der Waals surface area contributed by atoms with Gasteiger partial charge in [0.2, 0.25) is 11.8 Å². The van der Waals surface area contributed by atoms with Crippen molar-refractivity contribution in [3.8, 4) is 5.75 Å². The van der Waals surface area contributed by atoms with Crippen LogP contribution >= 0.6 is 23.2 Å². The summed E-state index contributed by atoms with van der Waals surface area (Å²) in [4.78, 5) is 39.5. The molecule has 3 aliphatic heterocycles. The Balaban J connectivity index is 1.32. The highest BCUT2D eigenvalue weighted by atomic mass is 35.5. The number of fused-ring (bicyclic) bond motifs is 5. The molecule has 2 aromatic carbocycles. The Kier molecular flexibility index (Phi) is 6.01. The van der Waals surface area contributed by atoms with Crippen molar-refractivity contribution >= 4 is 46.6 Å². The van der Waals surface area contributed by atoms with Crippen LogP contribution in [0, 0.1) is 11.8 Å². The maximum absolute atomic E-state index is 13.6. The molecule has 0 saturated carbocycles. The van der Waals surface area contributed by atoms with Gasteiger partial charge in [0.1, 0.15) is 11.4 Å². The molecule has 0 unspecified atom stereocenters. The molecule has 2 saturated heterocycles. The first kappa shape index (κ1) is 24.6. The van der Waals surface area contributed by atoms with E-state index in [-0.39, 0.29) is 17.3 Å². The molecule has 3 heterocycles. The lowest BCUT2D eigenvalue weighted by Crippen LogP contribution is -2.49. The number of amides is 3. The first-order chi connectivity index (χ1) is 17.0. The minimum Gasteiger partial charge on any atom is -0.482 e. The van der Waals surface area contributed by atoms with E-state index >= 15 is 0 Å². The standard InChI is InChI=1S/C24H17Cl2F3N2O5/c25-12-5-6-16(14(26)9-12)35-10-18(32)30-11-23-8-7-17(36-23)19-20(23)22(34)31(21(19)33)15-4-2-1-3-13(15)24(27,28)29/h1-9,17,19-20H,10-11H2,(H,30,32)/t17-,19-,20+,23-/m1/s1. The lowest BCUT2D eigenvalue weighted by Gasteiger charge is -2.29. The molecule has 2 aromatic rings. The molecule has 2 fully saturated rings. The predicted octanol–water partition coefficient (Wildman–Crippen LogP) is 4.02. The molecule has 0 aliphatic carbocycles. The minimum absolute atomic E-state index is 0.189. The van der Waals surface area contributed by atoms with E-state index in [1.54, 1.807) is 18.2 Å². The Labute approximate surface area is 212 Å². The molecule has 3 aliphatic rings. The molecule has 1 N–H and O–H groups in total. The van der Waals surface area contributed by atoms with E-state index in [2.05, 4.69) is 5.32 Å². The van der Waals surface area contributed by atoms with Gasteiger partial charge < -0.3 is 14.8 Å². The Morgan fingerprint density at radius 1 is 1.14 bits per heavy atom. The minimum atomic E-state index is -4.76. The van der Waals surface area contributed by atoms with Gasteiger partial charge in [-0.1, -0.05) is 47.5 Å². The van der Waals surface area contributed by atoms with Crippen LogP contribution in [0.4, 0.5) is 18.9 Å². The fourth-order valence-electron chi connectivity index (χ4n) is 4.88. The molecule has 4 atom stereocenters. The first-order valence-electron chi connectivity index (χ1n) is 10.8. The van der Waals surface area contributed by atoms with Gasteiger partial charge in [0.05, 0.1) is 40.8 Å². The number of anilines is 1. The average Bonchev–Trinajstić information content (AvgIpc) is 3.46. The second-order valence-electron chi connectivity index (χ2n) is 8.57. The van der Waals surface area contributed by atoms with Crippen molar-refractivity contribution < 1.29 is 37.0 Å². The third-order valence-corrected chi connectivity index (χ3v) is 6.95. The monoisotopic (exact) mass is 540 g/mol. The summed E-state index contributed by atoms with van der Waals surface area (Å²) in [6.45, 7) is -0.595. The molecule has 12 heteroatoms. The molecule has 7 nitrogen and oxygen atoms in total. The van der Waals surface area contributed by atoms with Crippen molar-refractivity contribution in [2.24, 2.45) is 11.8 Å². The van der Waals surface area contributed by atoms with Gasteiger partial charge in [0.15, 0.2) is 6.61 Å². The Morgan fingerprint density at radius 3 is 2.61 bits per heavy atom. The predicted molar refractivity (Wildman–Crippen MR) is 123 cm³/mol. The van der Waals surface area contributed by atoms with Crippen LogP contribution in [0.1, 0.15) is 5.56 Å². The van der Waals surface area contributed by atoms with E-state index in [0.29, 0.717) is 9.92 Å². The van der Waals surface area contributed by atoms with Crippen molar-refractivity contribution in [3.05, 3.63) is 70.2 Å². The number of hydrogen-bond donors (Lipinski definition) is 1. The van der Waals surface area contributed by atoms with Crippen molar-refractivity contribution in [2.75, 3.05) is 18.1 Å². The molecule has 2 bridgehead atoms. The second-order valence-corrected chi connectivity index (χ2v) is 9.41. The van der Waals surface area contributed by atoms with Crippen LogP contribution in [0.25, 0.3) is 0 Å². The topological polar surface area (TPSA) is 84.9 Å². The largest absolute Gasteiger partial charge is 0.482 e. The normalized spacial score (nSPS) is 26.5. The van der Waals surface area contributed by atoms with E-state index in [1.165, 1.54) is 24.3 Å². The fraction of sp³-hybridized carbons (Fsp3) is 0.292. The van der Waals surface area contributed by atoms with Gasteiger partial charge in [-0.15, -0.1) is 0 Å². The maximum Gasteiger partial charge on any atom is 0.418 e. The number of halogens is 5. The second kappa shape index (κ2) is 8.79. The van der Waals surface area contributed by atoms with Crippen LogP contribution in [0.3, 0.4) is 0 Å². The molecular formula is C24H17Cl2F3N2O5. The van der Waals surface area contributed by atoms with Gasteiger partial charge in [0, 0.05) is 5.02 Å². The van der Waals surface area contributed by atoms with Gasteiger partial charge in [-0.25, -0.2) is 4.90 Å². The number of ether oxygens (including phenoxy) is 2. The molecule has 3 amide bonds. The van der Waals surface area contributed by atoms with Crippen molar-refractivity contribution in [1.29, 1.82) is 0 Å². The van der Waals surface area contributed by atoms with Crippen LogP contribution < -0.4 is 15.0 Å². The molecule has 5 rings (SSSR count). The zero-order valence-electron chi connectivity index (χ0n) is 18.2. The summed E-state index contributed by atoms with van der Waals surface area (Å²) in [7, 11) is 0. The van der Waals surface area contributed by atoms with Crippen LogP contribution in [0.15, 0.2) is 54.6 Å². The highest BCUT2D eigenvalue weighted by molar-refractivity contribution is 6.35. The summed E-state index contributed by atoms with van der Waals surface area (Å²) in [5.74, 6) is -3.99. The van der Waals surface area contributed by atoms with E-state index in [4.69, 9.17) is 32.7 Å². The fourth-order valence-corrected chi connectivity index (χ4v) is 5.34. The number of hydrogen-bond acceptors (Lipinski definition) is 5. The van der Waals surface area contributed by atoms with E-state index < -0.39 is 65.3 Å². The number of carbonyl (C=O) groups is 3. The SMILES string of the molecule is O=C(COc1ccc(Cl)cc1Cl)NC[C@@]12C=C[C@@H](O1)[C@H]1C(=O)N(c3ccccc3C(F)(F)F)C(=O)[C@H]12. The molecule has 0 aromatic heterocycles. The van der Waals surface area contributed by atoms with Crippen molar-refractivity contribution in [2.45, 2.75) is 17.9 Å². The number of alkyl halides is 3. The van der Waals surface area contributed by atoms with E-state index in [1.807, 2.05) is 0 Å². The third kappa shape index (κ3) is 4.03. The number of benzene rings is 2. The first-order valence-corrected chi connectivity index (χ1v) is 11.5. The molecule has 188 valence electrons. The van der Waals surface area contributed by atoms with Crippen molar-refractivity contribution in [1.82, 2.24) is 5.32 Å². The smallest absolute Gasteiger partial charge is 0.418 e. The van der Waals surface area contributed by atoms with Gasteiger partial charge in [-0.3, -0.25) is 14.4 Å². The number of carbonyl (C=O) groups excluding carboxylic acids is 3. The summed E-state index contributed by atoms with van der Waals surface area (Å²) in [6, 6.07) is 8.91. The van der Waals surface area contributed by atoms with Crippen molar-refractivity contribution in [3.63, 3.8) is 0 Å². The van der Waals surface area contributed by atoms with Crippen LogP contribution in [0.5, 0.6) is 5.75 Å². The van der Waals surface area contributed by atoms with Gasteiger partial charge >= 0.3 is 6.18 Å². The number of imide groups is 1. The summed E-state index contributed by atoms with van der Waals surface area (Å²) >= 11 is 11.9. The highest BCUT2D eigenvalue weighted by Gasteiger charge is 2.68. The molecule has 0 radical (unpaired) electrons. The third-order valence-electron chi connectivity index (χ3n) is 6.42. The lowest BCUT2D eigenvalue weighted by molar-refractivity contribution is -0.137. The molecular weight excluding hydrogens is 524 g/mol. The zero-order chi connectivity index (χ0) is 25.8. The Hall–Kier alpha value is -3.08. The van der Waals surface area contributed by atoms with E-state index in [9.17, 15) is 27.6 Å². The summed E-state index contributed by atoms with van der Waals surface area (Å²) in [5, 5.41) is 3.22. The van der Waals surface area contributed by atoms with Gasteiger partial charge in [-0.05, 0) is 30.3 Å². The Bertz CT molecular complexity index is 1300. The number of rotatable bonds is 6. The summed E-state index contributed by atoms with van der Waals surface area (Å²) in [5.41, 5.74) is -2.99. The van der Waals surface area contributed by atoms with Crippen LogP contribution in [-0.2, 0) is 25.3 Å². The molecule has 0 spiro atoms. The number of nitrogens with zero attached hydrogens (tertiary/aromatic N) is 1. The summed E-state index contributed by atoms with van der Waals surface area (Å²) in [6.07, 6.45) is -2.40. The Morgan fingerprint density at radius 2 is 1.89 bits per heavy atom. The van der Waals surface area contributed by atoms with Crippen LogP contribution in [-0.4, -0.2) is 42.6 Å². The zero-order valence-corrected chi connectivity index (χ0v) is 19.7. The number of para-hydroxylation sites is 1. The molecule has 36 heavy (non-hydrogen) atoms.